The Balaban J connectivity index is 2.10. The van der Waals surface area contributed by atoms with Crippen LogP contribution >= 0.6 is 11.3 Å². The van der Waals surface area contributed by atoms with Gasteiger partial charge in [0.1, 0.15) is 0 Å². The van der Waals surface area contributed by atoms with Gasteiger partial charge in [0, 0.05) is 4.88 Å². The Hall–Kier alpha value is -1.36. The molecule has 1 aromatic rings. The maximum absolute atomic E-state index is 11.2. The van der Waals surface area contributed by atoms with Crippen molar-refractivity contribution in [2.75, 3.05) is 6.54 Å². The van der Waals surface area contributed by atoms with E-state index in [1.165, 1.54) is 4.90 Å². The maximum atomic E-state index is 11.2. The van der Waals surface area contributed by atoms with E-state index in [-0.39, 0.29) is 18.5 Å². The van der Waals surface area contributed by atoms with Crippen molar-refractivity contribution in [3.05, 3.63) is 21.9 Å². The number of carbonyl (C=O) groups is 2. The van der Waals surface area contributed by atoms with E-state index in [0.29, 0.717) is 6.54 Å². The fourth-order valence-corrected chi connectivity index (χ4v) is 2.21. The molecular weight excluding hydrogens is 200 g/mol. The molecule has 14 heavy (non-hydrogen) atoms. The summed E-state index contributed by atoms with van der Waals surface area (Å²) in [5.41, 5.74) is 1.16. The second kappa shape index (κ2) is 3.42. The zero-order valence-electron chi connectivity index (χ0n) is 7.74. The molecule has 0 spiro atoms. The minimum atomic E-state index is -0.291. The number of thiophene rings is 1. The van der Waals surface area contributed by atoms with Crippen molar-refractivity contribution in [1.29, 1.82) is 0 Å². The number of urea groups is 1. The maximum Gasteiger partial charge on any atom is 0.324 e. The first-order valence-corrected chi connectivity index (χ1v) is 5.17. The first kappa shape index (κ1) is 9.21. The molecule has 0 bridgehead atoms. The number of nitrogens with zero attached hydrogens (tertiary/aromatic N) is 1. The van der Waals surface area contributed by atoms with Gasteiger partial charge in [0.15, 0.2) is 0 Å². The van der Waals surface area contributed by atoms with E-state index < -0.39 is 0 Å². The predicted octanol–water partition coefficient (Wildman–Crippen LogP) is 1.11. The van der Waals surface area contributed by atoms with Crippen LogP contribution in [0.2, 0.25) is 0 Å². The highest BCUT2D eigenvalue weighted by atomic mass is 32.1. The van der Waals surface area contributed by atoms with Crippen LogP contribution in [-0.4, -0.2) is 23.4 Å². The van der Waals surface area contributed by atoms with E-state index in [2.05, 4.69) is 5.32 Å². The lowest BCUT2D eigenvalue weighted by molar-refractivity contribution is -0.125. The van der Waals surface area contributed by atoms with Gasteiger partial charge in [0.25, 0.3) is 0 Å². The van der Waals surface area contributed by atoms with Gasteiger partial charge in [-0.2, -0.15) is 0 Å². The number of carbonyl (C=O) groups excluding carboxylic acids is 2. The SMILES string of the molecule is Cc1csc(CN2C(=O)CNC2=O)c1. The first-order chi connectivity index (χ1) is 6.66. The third kappa shape index (κ3) is 1.63. The summed E-state index contributed by atoms with van der Waals surface area (Å²) in [6.45, 7) is 2.51. The van der Waals surface area contributed by atoms with E-state index in [4.69, 9.17) is 0 Å². The van der Waals surface area contributed by atoms with Crippen LogP contribution in [0.4, 0.5) is 4.79 Å². The molecule has 1 saturated heterocycles. The van der Waals surface area contributed by atoms with Gasteiger partial charge in [-0.25, -0.2) is 4.79 Å². The molecule has 1 fully saturated rings. The highest BCUT2D eigenvalue weighted by Crippen LogP contribution is 2.17. The third-order valence-corrected chi connectivity index (χ3v) is 3.08. The molecule has 1 aromatic heterocycles. The summed E-state index contributed by atoms with van der Waals surface area (Å²) in [6.07, 6.45) is 0. The number of aryl methyl sites for hydroxylation is 1. The minimum Gasteiger partial charge on any atom is -0.329 e. The van der Waals surface area contributed by atoms with Crippen molar-refractivity contribution >= 4 is 23.3 Å². The summed E-state index contributed by atoms with van der Waals surface area (Å²) < 4.78 is 0. The standard InChI is InChI=1S/C9H10N2O2S/c1-6-2-7(14-5-6)4-11-8(12)3-10-9(11)13/h2,5H,3-4H2,1H3,(H,10,13). The fourth-order valence-electron chi connectivity index (χ4n) is 1.34. The van der Waals surface area contributed by atoms with Crippen molar-refractivity contribution in [3.63, 3.8) is 0 Å². The zero-order chi connectivity index (χ0) is 10.1. The number of rotatable bonds is 2. The Labute approximate surface area is 85.5 Å². The number of imide groups is 1. The lowest BCUT2D eigenvalue weighted by Gasteiger charge is -2.09. The number of hydrogen-bond acceptors (Lipinski definition) is 3. The highest BCUT2D eigenvalue weighted by molar-refractivity contribution is 7.10. The summed E-state index contributed by atoms with van der Waals surface area (Å²) in [5.74, 6) is -0.152. The van der Waals surface area contributed by atoms with Crippen LogP contribution < -0.4 is 5.32 Å². The van der Waals surface area contributed by atoms with Crippen LogP contribution in [0, 0.1) is 6.92 Å². The molecule has 0 aliphatic carbocycles. The van der Waals surface area contributed by atoms with Crippen LogP contribution in [0.3, 0.4) is 0 Å². The predicted molar refractivity (Wildman–Crippen MR) is 53.0 cm³/mol. The second-order valence-electron chi connectivity index (χ2n) is 3.23. The Morgan fingerprint density at radius 2 is 2.36 bits per heavy atom. The lowest BCUT2D eigenvalue weighted by atomic mass is 10.3. The minimum absolute atomic E-state index is 0.128. The molecule has 3 amide bonds. The normalized spacial score (nSPS) is 16.2. The van der Waals surface area contributed by atoms with Crippen LogP contribution in [0.15, 0.2) is 11.4 Å². The molecule has 4 nitrogen and oxygen atoms in total. The molecule has 1 N–H and O–H groups in total. The van der Waals surface area contributed by atoms with E-state index >= 15 is 0 Å². The molecule has 5 heteroatoms. The number of hydrogen-bond donors (Lipinski definition) is 1. The summed E-state index contributed by atoms with van der Waals surface area (Å²) >= 11 is 1.57. The average molecular weight is 210 g/mol. The molecule has 74 valence electrons. The van der Waals surface area contributed by atoms with Crippen LogP contribution in [0.5, 0.6) is 0 Å². The van der Waals surface area contributed by atoms with Gasteiger partial charge in [-0.1, -0.05) is 0 Å². The van der Waals surface area contributed by atoms with Crippen LogP contribution in [0.25, 0.3) is 0 Å². The van der Waals surface area contributed by atoms with Crippen molar-refractivity contribution < 1.29 is 9.59 Å². The molecule has 0 atom stereocenters. The van der Waals surface area contributed by atoms with Crippen molar-refractivity contribution in [1.82, 2.24) is 10.2 Å². The molecule has 2 rings (SSSR count). The van der Waals surface area contributed by atoms with Gasteiger partial charge in [0.05, 0.1) is 13.1 Å². The van der Waals surface area contributed by atoms with Gasteiger partial charge in [-0.05, 0) is 23.9 Å². The van der Waals surface area contributed by atoms with Gasteiger partial charge < -0.3 is 5.32 Å². The largest absolute Gasteiger partial charge is 0.329 e. The molecule has 2 heterocycles. The zero-order valence-corrected chi connectivity index (χ0v) is 8.56. The van der Waals surface area contributed by atoms with Gasteiger partial charge in [-0.3, -0.25) is 9.69 Å². The Morgan fingerprint density at radius 1 is 1.57 bits per heavy atom. The smallest absolute Gasteiger partial charge is 0.324 e. The van der Waals surface area contributed by atoms with Crippen LogP contribution in [0.1, 0.15) is 10.4 Å². The molecule has 1 aliphatic rings. The Kier molecular flexibility index (Phi) is 2.25. The quantitative estimate of drug-likeness (QED) is 0.743. The molecular formula is C9H10N2O2S. The van der Waals surface area contributed by atoms with E-state index in [0.717, 1.165) is 10.4 Å². The fraction of sp³-hybridized carbons (Fsp3) is 0.333. The van der Waals surface area contributed by atoms with E-state index in [1.54, 1.807) is 11.3 Å². The Bertz CT molecular complexity index is 370. The summed E-state index contributed by atoms with van der Waals surface area (Å²) in [6, 6.07) is 1.70. The third-order valence-electron chi connectivity index (χ3n) is 2.04. The lowest BCUT2D eigenvalue weighted by Crippen LogP contribution is -2.29. The molecule has 0 saturated carbocycles. The number of nitrogens with one attached hydrogen (secondary N) is 1. The molecule has 0 radical (unpaired) electrons. The summed E-state index contributed by atoms with van der Waals surface area (Å²) in [5, 5.41) is 4.50. The Morgan fingerprint density at radius 3 is 2.86 bits per heavy atom. The summed E-state index contributed by atoms with van der Waals surface area (Å²) in [4.78, 5) is 24.7. The molecule has 0 unspecified atom stereocenters. The second-order valence-corrected chi connectivity index (χ2v) is 4.22. The monoisotopic (exact) mass is 210 g/mol. The van der Waals surface area contributed by atoms with Gasteiger partial charge in [-0.15, -0.1) is 11.3 Å². The van der Waals surface area contributed by atoms with Crippen LogP contribution in [-0.2, 0) is 11.3 Å². The summed E-state index contributed by atoms with van der Waals surface area (Å²) in [7, 11) is 0. The molecule has 1 aliphatic heterocycles. The van der Waals surface area contributed by atoms with Gasteiger partial charge >= 0.3 is 6.03 Å². The van der Waals surface area contributed by atoms with E-state index in [1.807, 2.05) is 18.4 Å². The highest BCUT2D eigenvalue weighted by Gasteiger charge is 2.28. The average Bonchev–Trinajstić information content (AvgIpc) is 2.67. The van der Waals surface area contributed by atoms with Crippen molar-refractivity contribution in [3.8, 4) is 0 Å². The first-order valence-electron chi connectivity index (χ1n) is 4.29. The molecule has 0 aromatic carbocycles. The van der Waals surface area contributed by atoms with Crippen molar-refractivity contribution in [2.24, 2.45) is 0 Å². The van der Waals surface area contributed by atoms with E-state index in [9.17, 15) is 9.59 Å². The topological polar surface area (TPSA) is 49.4 Å². The van der Waals surface area contributed by atoms with Gasteiger partial charge in [0.2, 0.25) is 5.91 Å². The van der Waals surface area contributed by atoms with Crippen molar-refractivity contribution in [2.45, 2.75) is 13.5 Å². The number of amides is 3.